The van der Waals surface area contributed by atoms with Gasteiger partial charge in [0.25, 0.3) is 0 Å². The van der Waals surface area contributed by atoms with Crippen LogP contribution in [0.3, 0.4) is 0 Å². The summed E-state index contributed by atoms with van der Waals surface area (Å²) in [7, 11) is 0. The topological polar surface area (TPSA) is 46.1 Å². The van der Waals surface area contributed by atoms with Crippen LogP contribution in [0.25, 0.3) is 0 Å². The number of likely N-dealkylation sites (tertiary alicyclic amines) is 1. The van der Waals surface area contributed by atoms with Gasteiger partial charge in [-0.2, -0.15) is 0 Å². The van der Waals surface area contributed by atoms with E-state index in [0.29, 0.717) is 11.5 Å². The first kappa shape index (κ1) is 18.5. The molecule has 0 aromatic rings. The molecule has 134 valence electrons. The van der Waals surface area contributed by atoms with Gasteiger partial charge in [-0.05, 0) is 40.0 Å². The summed E-state index contributed by atoms with van der Waals surface area (Å²) in [5, 5.41) is 3.44. The van der Waals surface area contributed by atoms with Crippen molar-refractivity contribution in [1.29, 1.82) is 0 Å². The van der Waals surface area contributed by atoms with Crippen LogP contribution in [-0.2, 0) is 9.47 Å². The van der Waals surface area contributed by atoms with Crippen LogP contribution < -0.4 is 5.32 Å². The number of aliphatic imine (C=N–C) groups is 1. The number of guanidine groups is 1. The van der Waals surface area contributed by atoms with Gasteiger partial charge in [-0.25, -0.2) is 0 Å². The summed E-state index contributed by atoms with van der Waals surface area (Å²) in [6, 6.07) is 0. The van der Waals surface area contributed by atoms with Crippen molar-refractivity contribution in [3.63, 3.8) is 0 Å². The fourth-order valence-electron chi connectivity index (χ4n) is 3.14. The summed E-state index contributed by atoms with van der Waals surface area (Å²) in [4.78, 5) is 7.20. The number of hydrogen-bond acceptors (Lipinski definition) is 3. The van der Waals surface area contributed by atoms with Gasteiger partial charge in [0.15, 0.2) is 5.96 Å². The third kappa shape index (κ3) is 4.38. The van der Waals surface area contributed by atoms with Gasteiger partial charge in [0.2, 0.25) is 0 Å². The fourth-order valence-corrected chi connectivity index (χ4v) is 3.14. The normalized spacial score (nSPS) is 24.4. The van der Waals surface area contributed by atoms with Crippen LogP contribution in [0, 0.1) is 5.41 Å². The number of nitrogens with zero attached hydrogens (tertiary/aromatic N) is 2. The lowest BCUT2D eigenvalue weighted by Gasteiger charge is -2.62. The van der Waals surface area contributed by atoms with Crippen molar-refractivity contribution in [2.75, 3.05) is 39.5 Å². The van der Waals surface area contributed by atoms with Crippen molar-refractivity contribution in [2.24, 2.45) is 10.4 Å². The Hall–Kier alpha value is -0.810. The molecule has 0 unspecified atom stereocenters. The zero-order chi connectivity index (χ0) is 16.9. The largest absolute Gasteiger partial charge is 0.381 e. The number of ether oxygens (including phenoxy) is 2. The molecule has 2 fully saturated rings. The van der Waals surface area contributed by atoms with Gasteiger partial charge >= 0.3 is 0 Å². The minimum Gasteiger partial charge on any atom is -0.381 e. The molecule has 0 aromatic carbocycles. The zero-order valence-electron chi connectivity index (χ0n) is 15.7. The van der Waals surface area contributed by atoms with E-state index < -0.39 is 0 Å². The third-order valence-corrected chi connectivity index (χ3v) is 5.56. The van der Waals surface area contributed by atoms with Crippen molar-refractivity contribution < 1.29 is 9.47 Å². The summed E-state index contributed by atoms with van der Waals surface area (Å²) in [6.45, 7) is 16.6. The molecule has 0 saturated carbocycles. The van der Waals surface area contributed by atoms with Crippen LogP contribution >= 0.6 is 0 Å². The van der Waals surface area contributed by atoms with Crippen LogP contribution in [0.2, 0.25) is 0 Å². The molecule has 0 atom stereocenters. The molecule has 0 aliphatic carbocycles. The Morgan fingerprint density at radius 1 is 1.26 bits per heavy atom. The molecular formula is C18H35N3O2. The molecule has 0 spiro atoms. The zero-order valence-corrected chi connectivity index (χ0v) is 15.7. The lowest BCUT2D eigenvalue weighted by molar-refractivity contribution is -0.0668. The molecule has 2 aliphatic heterocycles. The second kappa shape index (κ2) is 7.84. The predicted octanol–water partition coefficient (Wildman–Crippen LogP) is 2.66. The first-order valence-electron chi connectivity index (χ1n) is 9.14. The first-order chi connectivity index (χ1) is 10.9. The quantitative estimate of drug-likeness (QED) is 0.463. The summed E-state index contributed by atoms with van der Waals surface area (Å²) in [5.41, 5.74) is 0.474. The van der Waals surface area contributed by atoms with Crippen LogP contribution in [0.1, 0.15) is 53.9 Å². The Morgan fingerprint density at radius 3 is 2.52 bits per heavy atom. The molecule has 23 heavy (non-hydrogen) atoms. The monoisotopic (exact) mass is 325 g/mol. The molecule has 2 saturated heterocycles. The highest BCUT2D eigenvalue weighted by Crippen LogP contribution is 2.46. The van der Waals surface area contributed by atoms with E-state index in [0.717, 1.165) is 64.7 Å². The van der Waals surface area contributed by atoms with E-state index in [2.05, 4.69) is 44.8 Å². The molecular weight excluding hydrogens is 290 g/mol. The van der Waals surface area contributed by atoms with Gasteiger partial charge in [0.1, 0.15) is 0 Å². The van der Waals surface area contributed by atoms with Gasteiger partial charge in [-0.15, -0.1) is 0 Å². The fraction of sp³-hybridized carbons (Fsp3) is 0.944. The van der Waals surface area contributed by atoms with Crippen molar-refractivity contribution in [2.45, 2.75) is 65.5 Å². The van der Waals surface area contributed by atoms with Gasteiger partial charge in [-0.3, -0.25) is 4.99 Å². The summed E-state index contributed by atoms with van der Waals surface area (Å²) >= 11 is 0. The van der Waals surface area contributed by atoms with E-state index in [-0.39, 0.29) is 5.54 Å². The minimum atomic E-state index is 0.145. The molecule has 5 nitrogen and oxygen atoms in total. The summed E-state index contributed by atoms with van der Waals surface area (Å²) in [6.07, 6.45) is 3.42. The lowest BCUT2D eigenvalue weighted by atomic mass is 9.65. The van der Waals surface area contributed by atoms with Gasteiger partial charge in [-0.1, -0.05) is 13.8 Å². The highest BCUT2D eigenvalue weighted by Gasteiger charge is 2.53. The van der Waals surface area contributed by atoms with E-state index in [1.165, 1.54) is 0 Å². The van der Waals surface area contributed by atoms with Crippen molar-refractivity contribution in [3.05, 3.63) is 0 Å². The Labute approximate surface area is 141 Å². The molecule has 0 amide bonds. The van der Waals surface area contributed by atoms with Crippen LogP contribution in [0.15, 0.2) is 4.99 Å². The lowest BCUT2D eigenvalue weighted by Crippen LogP contribution is -2.72. The predicted molar refractivity (Wildman–Crippen MR) is 95.0 cm³/mol. The Bertz CT molecular complexity index is 401. The maximum absolute atomic E-state index is 5.92. The van der Waals surface area contributed by atoms with Crippen molar-refractivity contribution in [1.82, 2.24) is 10.2 Å². The second-order valence-corrected chi connectivity index (χ2v) is 7.80. The van der Waals surface area contributed by atoms with E-state index in [9.17, 15) is 0 Å². The van der Waals surface area contributed by atoms with E-state index >= 15 is 0 Å². The van der Waals surface area contributed by atoms with Gasteiger partial charge < -0.3 is 19.7 Å². The summed E-state index contributed by atoms with van der Waals surface area (Å²) < 4.78 is 11.3. The van der Waals surface area contributed by atoms with Crippen LogP contribution in [0.4, 0.5) is 0 Å². The Balaban J connectivity index is 1.76. The number of hydrogen-bond donors (Lipinski definition) is 1. The maximum Gasteiger partial charge on any atom is 0.194 e. The first-order valence-corrected chi connectivity index (χ1v) is 9.14. The van der Waals surface area contributed by atoms with Gasteiger partial charge in [0, 0.05) is 50.4 Å². The molecule has 2 rings (SSSR count). The standard InChI is InChI=1S/C18H35N3O2/c1-6-19-16(21-14-17(2,3)18(21,4)5)20-10-7-11-23-15-8-12-22-13-9-15/h15H,6-14H2,1-5H3,(H,19,20). The SMILES string of the molecule is CCNC(=NCCCOC1CCOCC1)N1CC(C)(C)C1(C)C. The van der Waals surface area contributed by atoms with E-state index in [4.69, 9.17) is 14.5 Å². The average Bonchev–Trinajstić information content (AvgIpc) is 2.52. The smallest absolute Gasteiger partial charge is 0.194 e. The highest BCUT2D eigenvalue weighted by atomic mass is 16.5. The Morgan fingerprint density at radius 2 is 1.96 bits per heavy atom. The third-order valence-electron chi connectivity index (χ3n) is 5.56. The molecule has 1 N–H and O–H groups in total. The van der Waals surface area contributed by atoms with Crippen LogP contribution in [0.5, 0.6) is 0 Å². The number of nitrogens with one attached hydrogen (secondary N) is 1. The van der Waals surface area contributed by atoms with Crippen molar-refractivity contribution >= 4 is 5.96 Å². The van der Waals surface area contributed by atoms with Gasteiger partial charge in [0.05, 0.1) is 6.10 Å². The molecule has 2 aliphatic rings. The number of rotatable bonds is 6. The molecule has 5 heteroatoms. The van der Waals surface area contributed by atoms with E-state index in [1.54, 1.807) is 0 Å². The maximum atomic E-state index is 5.92. The summed E-state index contributed by atoms with van der Waals surface area (Å²) in [5.74, 6) is 1.04. The highest BCUT2D eigenvalue weighted by molar-refractivity contribution is 5.82. The van der Waals surface area contributed by atoms with E-state index in [1.807, 2.05) is 0 Å². The average molecular weight is 325 g/mol. The molecule has 0 bridgehead atoms. The minimum absolute atomic E-state index is 0.145. The second-order valence-electron chi connectivity index (χ2n) is 7.80. The van der Waals surface area contributed by atoms with Crippen LogP contribution in [-0.4, -0.2) is 62.0 Å². The van der Waals surface area contributed by atoms with Crippen molar-refractivity contribution in [3.8, 4) is 0 Å². The molecule has 0 aromatic heterocycles. The Kier molecular flexibility index (Phi) is 6.32. The molecule has 2 heterocycles. The molecule has 0 radical (unpaired) electrons.